The molecule has 0 atom stereocenters. The number of halogens is 3. The van der Waals surface area contributed by atoms with Crippen molar-refractivity contribution >= 4 is 50.6 Å². The van der Waals surface area contributed by atoms with E-state index < -0.39 is 21.0 Å². The van der Waals surface area contributed by atoms with Gasteiger partial charge in [0.15, 0.2) is 5.69 Å². The van der Waals surface area contributed by atoms with Gasteiger partial charge in [-0.2, -0.15) is 0 Å². The molecule has 2 aromatic rings. The highest BCUT2D eigenvalue weighted by Crippen LogP contribution is 2.28. The molecule has 0 N–H and O–H groups in total. The lowest BCUT2D eigenvalue weighted by Crippen LogP contribution is -2.15. The lowest BCUT2D eigenvalue weighted by Gasteiger charge is -2.07. The fraction of sp³-hybridized carbons (Fsp3) is 0.0833. The fourth-order valence-electron chi connectivity index (χ4n) is 1.38. The standard InChI is InChI=1S/C12H7Cl3N2O4S/c1-22(19,20)12-16-5-8(15)10(17-12)11(18)21-9-3-2-6(13)4-7(9)14/h2-5H,1H3. The summed E-state index contributed by atoms with van der Waals surface area (Å²) in [6.07, 6.45) is 1.91. The van der Waals surface area contributed by atoms with E-state index in [1.165, 1.54) is 18.2 Å². The van der Waals surface area contributed by atoms with E-state index in [2.05, 4.69) is 9.97 Å². The Kier molecular flexibility index (Phi) is 4.91. The third-order valence-electron chi connectivity index (χ3n) is 2.34. The van der Waals surface area contributed by atoms with Crippen LogP contribution < -0.4 is 4.74 Å². The molecule has 0 aliphatic carbocycles. The third-order valence-corrected chi connectivity index (χ3v) is 4.01. The minimum atomic E-state index is -3.69. The van der Waals surface area contributed by atoms with Crippen molar-refractivity contribution in [1.29, 1.82) is 0 Å². The SMILES string of the molecule is CS(=O)(=O)c1ncc(Cl)c(C(=O)Oc2ccc(Cl)cc2Cl)n1. The van der Waals surface area contributed by atoms with Gasteiger partial charge in [0, 0.05) is 11.3 Å². The van der Waals surface area contributed by atoms with E-state index in [4.69, 9.17) is 39.5 Å². The van der Waals surface area contributed by atoms with E-state index in [9.17, 15) is 13.2 Å². The predicted octanol–water partition coefficient (Wildman–Crippen LogP) is 3.06. The Hall–Kier alpha value is -1.41. The van der Waals surface area contributed by atoms with Crippen molar-refractivity contribution in [1.82, 2.24) is 9.97 Å². The molecule has 0 amide bonds. The zero-order valence-electron chi connectivity index (χ0n) is 10.9. The van der Waals surface area contributed by atoms with E-state index >= 15 is 0 Å². The molecule has 0 bridgehead atoms. The summed E-state index contributed by atoms with van der Waals surface area (Å²) in [4.78, 5) is 19.2. The van der Waals surface area contributed by atoms with Gasteiger partial charge in [0.1, 0.15) is 5.75 Å². The van der Waals surface area contributed by atoms with Crippen LogP contribution in [0.3, 0.4) is 0 Å². The quantitative estimate of drug-likeness (QED) is 0.461. The maximum absolute atomic E-state index is 12.1. The molecule has 6 nitrogen and oxygen atoms in total. The fourth-order valence-corrected chi connectivity index (χ4v) is 2.50. The maximum atomic E-state index is 12.1. The first-order valence-electron chi connectivity index (χ1n) is 5.58. The van der Waals surface area contributed by atoms with Crippen LogP contribution in [0.15, 0.2) is 29.6 Å². The molecule has 1 heterocycles. The number of benzene rings is 1. The predicted molar refractivity (Wildman–Crippen MR) is 81.6 cm³/mol. The van der Waals surface area contributed by atoms with Gasteiger partial charge in [-0.1, -0.05) is 34.8 Å². The first-order valence-corrected chi connectivity index (χ1v) is 8.61. The number of sulfone groups is 1. The van der Waals surface area contributed by atoms with Gasteiger partial charge in [-0.25, -0.2) is 23.2 Å². The number of hydrogen-bond donors (Lipinski definition) is 0. The van der Waals surface area contributed by atoms with Crippen molar-refractivity contribution in [3.05, 3.63) is 45.2 Å². The van der Waals surface area contributed by atoms with Gasteiger partial charge in [-0.15, -0.1) is 0 Å². The van der Waals surface area contributed by atoms with Crippen molar-refractivity contribution in [3.8, 4) is 5.75 Å². The average molecular weight is 382 g/mol. The monoisotopic (exact) mass is 380 g/mol. The normalized spacial score (nSPS) is 11.3. The van der Waals surface area contributed by atoms with E-state index in [0.29, 0.717) is 5.02 Å². The average Bonchev–Trinajstić information content (AvgIpc) is 2.41. The van der Waals surface area contributed by atoms with E-state index in [1.807, 2.05) is 0 Å². The Morgan fingerprint density at radius 3 is 2.45 bits per heavy atom. The highest BCUT2D eigenvalue weighted by atomic mass is 35.5. The summed E-state index contributed by atoms with van der Waals surface area (Å²) in [6, 6.07) is 4.24. The first kappa shape index (κ1) is 17.0. The number of nitrogens with zero attached hydrogens (tertiary/aromatic N) is 2. The number of hydrogen-bond acceptors (Lipinski definition) is 6. The zero-order valence-corrected chi connectivity index (χ0v) is 14.0. The molecule has 1 aromatic heterocycles. The molecule has 0 aliphatic heterocycles. The summed E-state index contributed by atoms with van der Waals surface area (Å²) in [5.74, 6) is -0.937. The Morgan fingerprint density at radius 1 is 1.18 bits per heavy atom. The van der Waals surface area contributed by atoms with Gasteiger partial charge < -0.3 is 4.74 Å². The second-order valence-electron chi connectivity index (χ2n) is 4.09. The van der Waals surface area contributed by atoms with Crippen LogP contribution in [0.5, 0.6) is 5.75 Å². The first-order chi connectivity index (χ1) is 10.2. The number of rotatable bonds is 3. The summed E-state index contributed by atoms with van der Waals surface area (Å²) in [5.41, 5.74) is -0.386. The summed E-state index contributed by atoms with van der Waals surface area (Å²) in [7, 11) is -3.69. The molecular weight excluding hydrogens is 375 g/mol. The van der Waals surface area contributed by atoms with Crippen LogP contribution >= 0.6 is 34.8 Å². The molecule has 2 rings (SSSR count). The van der Waals surface area contributed by atoms with Gasteiger partial charge in [-0.05, 0) is 18.2 Å². The Morgan fingerprint density at radius 2 is 1.86 bits per heavy atom. The van der Waals surface area contributed by atoms with Crippen molar-refractivity contribution in [2.24, 2.45) is 0 Å². The zero-order chi connectivity index (χ0) is 16.5. The smallest absolute Gasteiger partial charge is 0.364 e. The van der Waals surface area contributed by atoms with Crippen LogP contribution in [-0.2, 0) is 9.84 Å². The Bertz CT molecular complexity index is 855. The van der Waals surface area contributed by atoms with Gasteiger partial charge in [0.25, 0.3) is 0 Å². The molecule has 0 radical (unpaired) electrons. The summed E-state index contributed by atoms with van der Waals surface area (Å²) in [6.45, 7) is 0. The molecule has 1 aromatic carbocycles. The summed E-state index contributed by atoms with van der Waals surface area (Å²) < 4.78 is 27.9. The number of ether oxygens (including phenoxy) is 1. The van der Waals surface area contributed by atoms with Gasteiger partial charge in [0.2, 0.25) is 15.0 Å². The molecule has 10 heteroatoms. The minimum Gasteiger partial charge on any atom is -0.420 e. The molecule has 22 heavy (non-hydrogen) atoms. The van der Waals surface area contributed by atoms with E-state index in [1.54, 1.807) is 0 Å². The third kappa shape index (κ3) is 3.86. The largest absolute Gasteiger partial charge is 0.420 e. The van der Waals surface area contributed by atoms with Crippen molar-refractivity contribution in [2.75, 3.05) is 6.26 Å². The number of carbonyl (C=O) groups is 1. The number of carbonyl (C=O) groups excluding carboxylic acids is 1. The lowest BCUT2D eigenvalue weighted by atomic mass is 10.3. The molecule has 0 saturated carbocycles. The Balaban J connectivity index is 2.37. The molecule has 116 valence electrons. The second kappa shape index (κ2) is 6.37. The maximum Gasteiger partial charge on any atom is 0.364 e. The number of esters is 1. The minimum absolute atomic E-state index is 0.0339. The van der Waals surface area contributed by atoms with Crippen molar-refractivity contribution in [3.63, 3.8) is 0 Å². The van der Waals surface area contributed by atoms with Crippen molar-refractivity contribution < 1.29 is 17.9 Å². The number of aromatic nitrogens is 2. The Labute approximate surface area is 140 Å². The molecule has 0 aliphatic rings. The summed E-state index contributed by atoms with van der Waals surface area (Å²) in [5, 5.41) is -0.216. The molecule has 0 unspecified atom stereocenters. The molecule has 0 spiro atoms. The molecular formula is C12H7Cl3N2O4S. The van der Waals surface area contributed by atoms with Gasteiger partial charge >= 0.3 is 5.97 Å². The van der Waals surface area contributed by atoms with Crippen LogP contribution in [-0.4, -0.2) is 30.6 Å². The van der Waals surface area contributed by atoms with Crippen molar-refractivity contribution in [2.45, 2.75) is 5.16 Å². The van der Waals surface area contributed by atoms with Crippen LogP contribution in [0.25, 0.3) is 0 Å². The van der Waals surface area contributed by atoms with Crippen LogP contribution in [0, 0.1) is 0 Å². The lowest BCUT2D eigenvalue weighted by molar-refractivity contribution is 0.0727. The highest BCUT2D eigenvalue weighted by molar-refractivity contribution is 7.90. The van der Waals surface area contributed by atoms with Crippen LogP contribution in [0.1, 0.15) is 10.5 Å². The summed E-state index contributed by atoms with van der Waals surface area (Å²) >= 11 is 17.4. The van der Waals surface area contributed by atoms with E-state index in [0.717, 1.165) is 12.5 Å². The van der Waals surface area contributed by atoms with Gasteiger partial charge in [-0.3, -0.25) is 0 Å². The topological polar surface area (TPSA) is 86.2 Å². The molecule has 0 fully saturated rings. The molecule has 0 saturated heterocycles. The second-order valence-corrected chi connectivity index (χ2v) is 7.25. The van der Waals surface area contributed by atoms with E-state index in [-0.39, 0.29) is 21.5 Å². The van der Waals surface area contributed by atoms with Crippen LogP contribution in [0.4, 0.5) is 0 Å². The highest BCUT2D eigenvalue weighted by Gasteiger charge is 2.21. The van der Waals surface area contributed by atoms with Gasteiger partial charge in [0.05, 0.1) is 16.2 Å². The van der Waals surface area contributed by atoms with Crippen LogP contribution in [0.2, 0.25) is 15.1 Å².